The molecular weight excluding hydrogens is 240 g/mol. The van der Waals surface area contributed by atoms with E-state index >= 15 is 0 Å². The smallest absolute Gasteiger partial charge is 0.314 e. The summed E-state index contributed by atoms with van der Waals surface area (Å²) in [6.45, 7) is 6.41. The highest BCUT2D eigenvalue weighted by molar-refractivity contribution is 7.12. The maximum atomic E-state index is 11.5. The summed E-state index contributed by atoms with van der Waals surface area (Å²) in [5.41, 5.74) is 0. The zero-order chi connectivity index (χ0) is 12.8. The highest BCUT2D eigenvalue weighted by Crippen LogP contribution is 2.18. The fraction of sp³-hybridized carbons (Fsp3) is 0.333. The van der Waals surface area contributed by atoms with E-state index in [1.165, 1.54) is 25.2 Å². The first-order chi connectivity index (χ1) is 8.01. The van der Waals surface area contributed by atoms with Crippen LogP contribution in [0.25, 0.3) is 6.08 Å². The Morgan fingerprint density at radius 2 is 2.18 bits per heavy atom. The van der Waals surface area contributed by atoms with Crippen molar-refractivity contribution in [3.63, 3.8) is 0 Å². The first kappa shape index (κ1) is 13.4. The van der Waals surface area contributed by atoms with Gasteiger partial charge in [0.15, 0.2) is 0 Å². The molecule has 0 fully saturated rings. The molecule has 0 amide bonds. The molecule has 0 spiro atoms. The van der Waals surface area contributed by atoms with E-state index in [4.69, 9.17) is 9.47 Å². The number of carbonyl (C=O) groups is 2. The van der Waals surface area contributed by atoms with Gasteiger partial charge in [0.1, 0.15) is 0 Å². The predicted octanol–water partition coefficient (Wildman–Crippen LogP) is 2.39. The fourth-order valence-corrected chi connectivity index (χ4v) is 2.07. The third kappa shape index (κ3) is 4.82. The predicted molar refractivity (Wildman–Crippen MR) is 65.4 cm³/mol. The Bertz CT molecular complexity index is 422. The van der Waals surface area contributed by atoms with E-state index < -0.39 is 18.2 Å². The molecule has 0 aliphatic rings. The fourth-order valence-electron chi connectivity index (χ4n) is 1.23. The van der Waals surface area contributed by atoms with Crippen LogP contribution < -0.4 is 0 Å². The highest BCUT2D eigenvalue weighted by atomic mass is 32.1. The van der Waals surface area contributed by atoms with Crippen LogP contribution in [-0.4, -0.2) is 18.2 Å². The summed E-state index contributed by atoms with van der Waals surface area (Å²) < 4.78 is 9.60. The van der Waals surface area contributed by atoms with Crippen molar-refractivity contribution in [2.75, 3.05) is 0 Å². The van der Waals surface area contributed by atoms with Crippen LogP contribution in [0.2, 0.25) is 0 Å². The number of hydrogen-bond acceptors (Lipinski definition) is 5. The van der Waals surface area contributed by atoms with E-state index in [0.717, 1.165) is 9.75 Å². The van der Waals surface area contributed by atoms with Crippen LogP contribution in [0.5, 0.6) is 0 Å². The summed E-state index contributed by atoms with van der Waals surface area (Å²) in [5.74, 6) is -0.897. The molecule has 0 N–H and O–H groups in total. The molecule has 1 rings (SSSR count). The Hall–Kier alpha value is -1.62. The lowest BCUT2D eigenvalue weighted by molar-refractivity contribution is -0.182. The third-order valence-electron chi connectivity index (χ3n) is 1.83. The van der Waals surface area contributed by atoms with E-state index in [9.17, 15) is 9.59 Å². The molecule has 1 aromatic rings. The molecular formula is C12H14O4S. The SMILES string of the molecule is C=Cc1ccc(CC(=O)OC(C)OC(C)=O)s1. The summed E-state index contributed by atoms with van der Waals surface area (Å²) in [6, 6.07) is 3.73. The Labute approximate surface area is 104 Å². The van der Waals surface area contributed by atoms with Gasteiger partial charge in [-0.3, -0.25) is 9.59 Å². The molecule has 0 aliphatic heterocycles. The van der Waals surface area contributed by atoms with Gasteiger partial charge in [-0.15, -0.1) is 11.3 Å². The molecule has 92 valence electrons. The molecule has 0 aliphatic carbocycles. The quantitative estimate of drug-likeness (QED) is 0.598. The van der Waals surface area contributed by atoms with Gasteiger partial charge in [-0.2, -0.15) is 0 Å². The molecule has 0 aromatic carbocycles. The van der Waals surface area contributed by atoms with E-state index in [2.05, 4.69) is 6.58 Å². The highest BCUT2D eigenvalue weighted by Gasteiger charge is 2.13. The second kappa shape index (κ2) is 6.20. The minimum Gasteiger partial charge on any atom is -0.426 e. The molecule has 0 saturated carbocycles. The van der Waals surface area contributed by atoms with Crippen LogP contribution >= 0.6 is 11.3 Å². The van der Waals surface area contributed by atoms with E-state index in [-0.39, 0.29) is 6.42 Å². The van der Waals surface area contributed by atoms with Gasteiger partial charge in [0, 0.05) is 23.6 Å². The molecule has 0 radical (unpaired) electrons. The van der Waals surface area contributed by atoms with E-state index in [1.54, 1.807) is 6.08 Å². The molecule has 1 aromatic heterocycles. The van der Waals surface area contributed by atoms with Gasteiger partial charge in [-0.05, 0) is 12.1 Å². The Morgan fingerprint density at radius 1 is 1.47 bits per heavy atom. The average molecular weight is 254 g/mol. The maximum Gasteiger partial charge on any atom is 0.314 e. The second-order valence-electron chi connectivity index (χ2n) is 3.35. The van der Waals surface area contributed by atoms with Crippen molar-refractivity contribution in [1.29, 1.82) is 0 Å². The van der Waals surface area contributed by atoms with Crippen molar-refractivity contribution >= 4 is 29.4 Å². The molecule has 0 bridgehead atoms. The number of rotatable bonds is 5. The lowest BCUT2D eigenvalue weighted by atomic mass is 10.3. The number of thiophene rings is 1. The Kier molecular flexibility index (Phi) is 4.90. The zero-order valence-corrected chi connectivity index (χ0v) is 10.6. The summed E-state index contributed by atoms with van der Waals surface area (Å²) in [7, 11) is 0. The van der Waals surface area contributed by atoms with Crippen LogP contribution in [0.4, 0.5) is 0 Å². The maximum absolute atomic E-state index is 11.5. The van der Waals surface area contributed by atoms with Crippen molar-refractivity contribution in [2.24, 2.45) is 0 Å². The van der Waals surface area contributed by atoms with Crippen LogP contribution in [0, 0.1) is 0 Å². The minimum atomic E-state index is -0.848. The lowest BCUT2D eigenvalue weighted by Gasteiger charge is -2.12. The van der Waals surface area contributed by atoms with Crippen LogP contribution in [0.3, 0.4) is 0 Å². The van der Waals surface area contributed by atoms with E-state index in [0.29, 0.717) is 0 Å². The van der Waals surface area contributed by atoms with Gasteiger partial charge < -0.3 is 9.47 Å². The molecule has 4 nitrogen and oxygen atoms in total. The third-order valence-corrected chi connectivity index (χ3v) is 2.91. The van der Waals surface area contributed by atoms with Crippen molar-refractivity contribution in [3.8, 4) is 0 Å². The van der Waals surface area contributed by atoms with Gasteiger partial charge in [0.05, 0.1) is 6.42 Å². The number of hydrogen-bond donors (Lipinski definition) is 0. The molecule has 5 heteroatoms. The van der Waals surface area contributed by atoms with Crippen LogP contribution in [0.15, 0.2) is 18.7 Å². The molecule has 1 unspecified atom stereocenters. The number of esters is 2. The van der Waals surface area contributed by atoms with Crippen molar-refractivity contribution in [3.05, 3.63) is 28.5 Å². The normalized spacial score (nSPS) is 11.6. The summed E-state index contributed by atoms with van der Waals surface area (Å²) >= 11 is 1.48. The molecule has 17 heavy (non-hydrogen) atoms. The molecule has 1 atom stereocenters. The number of ether oxygens (including phenoxy) is 2. The summed E-state index contributed by atoms with van der Waals surface area (Å²) in [4.78, 5) is 24.0. The van der Waals surface area contributed by atoms with Gasteiger partial charge in [0.2, 0.25) is 6.29 Å². The van der Waals surface area contributed by atoms with Crippen molar-refractivity contribution < 1.29 is 19.1 Å². The number of carbonyl (C=O) groups excluding carboxylic acids is 2. The first-order valence-corrected chi connectivity index (χ1v) is 5.90. The Balaban J connectivity index is 2.43. The monoisotopic (exact) mass is 254 g/mol. The molecule has 0 saturated heterocycles. The minimum absolute atomic E-state index is 0.171. The van der Waals surface area contributed by atoms with Gasteiger partial charge >= 0.3 is 11.9 Å². The summed E-state index contributed by atoms with van der Waals surface area (Å²) in [5, 5.41) is 0. The topological polar surface area (TPSA) is 52.6 Å². The first-order valence-electron chi connectivity index (χ1n) is 5.09. The lowest BCUT2D eigenvalue weighted by Crippen LogP contribution is -2.21. The van der Waals surface area contributed by atoms with Crippen molar-refractivity contribution in [2.45, 2.75) is 26.6 Å². The van der Waals surface area contributed by atoms with Crippen LogP contribution in [-0.2, 0) is 25.5 Å². The summed E-state index contributed by atoms with van der Waals surface area (Å²) in [6.07, 6.45) is 1.05. The Morgan fingerprint density at radius 3 is 2.71 bits per heavy atom. The van der Waals surface area contributed by atoms with Gasteiger partial charge in [-0.25, -0.2) is 0 Å². The van der Waals surface area contributed by atoms with Crippen molar-refractivity contribution in [1.82, 2.24) is 0 Å². The standard InChI is InChI=1S/C12H14O4S/c1-4-10-5-6-11(17-10)7-12(14)16-9(3)15-8(2)13/h4-6,9H,1,7H2,2-3H3. The molecule has 1 heterocycles. The average Bonchev–Trinajstić information content (AvgIpc) is 2.63. The van der Waals surface area contributed by atoms with E-state index in [1.807, 2.05) is 12.1 Å². The van der Waals surface area contributed by atoms with Crippen LogP contribution in [0.1, 0.15) is 23.6 Å². The zero-order valence-electron chi connectivity index (χ0n) is 9.76. The van der Waals surface area contributed by atoms with Gasteiger partial charge in [0.25, 0.3) is 0 Å². The largest absolute Gasteiger partial charge is 0.426 e. The van der Waals surface area contributed by atoms with Gasteiger partial charge in [-0.1, -0.05) is 12.7 Å². The second-order valence-corrected chi connectivity index (χ2v) is 4.55.